The van der Waals surface area contributed by atoms with E-state index in [1.54, 1.807) is 0 Å². The zero-order chi connectivity index (χ0) is 12.4. The van der Waals surface area contributed by atoms with Crippen LogP contribution in [0.1, 0.15) is 31.2 Å². The number of aromatic nitrogens is 1. The van der Waals surface area contributed by atoms with Gasteiger partial charge in [0.15, 0.2) is 5.76 Å². The lowest BCUT2D eigenvalue weighted by Crippen LogP contribution is -2.42. The van der Waals surface area contributed by atoms with Crippen LogP contribution in [-0.2, 0) is 11.3 Å². The van der Waals surface area contributed by atoms with Gasteiger partial charge in [0, 0.05) is 12.1 Å². The summed E-state index contributed by atoms with van der Waals surface area (Å²) in [5.74, 6) is -0.0205. The van der Waals surface area contributed by atoms with Crippen LogP contribution in [0.5, 0.6) is 0 Å². The third-order valence-corrected chi connectivity index (χ3v) is 3.40. The average molecular weight is 238 g/mol. The maximum atomic E-state index is 10.9. The van der Waals surface area contributed by atoms with Gasteiger partial charge in [0.05, 0.1) is 18.2 Å². The van der Waals surface area contributed by atoms with Gasteiger partial charge < -0.3 is 9.63 Å². The SMILES string of the molecule is Cc1cc(CN2CCC(C(=O)O)CC2C)on1. The molecule has 2 unspecified atom stereocenters. The van der Waals surface area contributed by atoms with E-state index in [2.05, 4.69) is 17.0 Å². The molecule has 0 aromatic carbocycles. The lowest BCUT2D eigenvalue weighted by Gasteiger charge is -2.35. The molecule has 0 aliphatic carbocycles. The van der Waals surface area contributed by atoms with E-state index in [-0.39, 0.29) is 12.0 Å². The number of rotatable bonds is 3. The molecule has 5 nitrogen and oxygen atoms in total. The zero-order valence-electron chi connectivity index (χ0n) is 10.2. The minimum Gasteiger partial charge on any atom is -0.481 e. The number of carboxylic acids is 1. The highest BCUT2D eigenvalue weighted by Crippen LogP contribution is 2.24. The Hall–Kier alpha value is -1.36. The molecule has 2 heterocycles. The van der Waals surface area contributed by atoms with Crippen LogP contribution in [0.4, 0.5) is 0 Å². The van der Waals surface area contributed by atoms with E-state index in [0.717, 1.165) is 18.0 Å². The van der Waals surface area contributed by atoms with Crippen molar-refractivity contribution in [3.8, 4) is 0 Å². The van der Waals surface area contributed by atoms with Gasteiger partial charge in [-0.25, -0.2) is 0 Å². The molecule has 1 aliphatic heterocycles. The first-order valence-electron chi connectivity index (χ1n) is 5.95. The monoisotopic (exact) mass is 238 g/mol. The standard InChI is InChI=1S/C12H18N2O3/c1-8-5-11(17-13-8)7-14-4-3-10(12(15)16)6-9(14)2/h5,9-10H,3-4,6-7H2,1-2H3,(H,15,16). The van der Waals surface area contributed by atoms with E-state index in [0.29, 0.717) is 19.4 Å². The largest absolute Gasteiger partial charge is 0.481 e. The van der Waals surface area contributed by atoms with Crippen molar-refractivity contribution >= 4 is 5.97 Å². The average Bonchev–Trinajstić information content (AvgIpc) is 2.67. The number of aryl methyl sites for hydroxylation is 1. The number of carboxylic acid groups (broad SMARTS) is 1. The molecule has 1 saturated heterocycles. The van der Waals surface area contributed by atoms with Crippen LogP contribution in [0.2, 0.25) is 0 Å². The predicted molar refractivity (Wildman–Crippen MR) is 61.5 cm³/mol. The Labute approximate surface area is 100 Å². The van der Waals surface area contributed by atoms with Gasteiger partial charge in [-0.1, -0.05) is 5.16 Å². The van der Waals surface area contributed by atoms with Crippen LogP contribution < -0.4 is 0 Å². The number of likely N-dealkylation sites (tertiary alicyclic amines) is 1. The van der Waals surface area contributed by atoms with Gasteiger partial charge >= 0.3 is 5.97 Å². The number of aliphatic carboxylic acids is 1. The molecular formula is C12H18N2O3. The minimum absolute atomic E-state index is 0.197. The molecular weight excluding hydrogens is 220 g/mol. The zero-order valence-corrected chi connectivity index (χ0v) is 10.2. The molecule has 0 bridgehead atoms. The second kappa shape index (κ2) is 4.87. The third-order valence-electron chi connectivity index (χ3n) is 3.40. The summed E-state index contributed by atoms with van der Waals surface area (Å²) in [5.41, 5.74) is 0.882. The van der Waals surface area contributed by atoms with Crippen molar-refractivity contribution in [2.24, 2.45) is 5.92 Å². The number of nitrogens with zero attached hydrogens (tertiary/aromatic N) is 2. The van der Waals surface area contributed by atoms with Gasteiger partial charge in [0.2, 0.25) is 0 Å². The first kappa shape index (κ1) is 12.1. The maximum absolute atomic E-state index is 10.9. The summed E-state index contributed by atoms with van der Waals surface area (Å²) in [4.78, 5) is 13.2. The van der Waals surface area contributed by atoms with Crippen molar-refractivity contribution in [3.63, 3.8) is 0 Å². The van der Waals surface area contributed by atoms with E-state index in [4.69, 9.17) is 9.63 Å². The molecule has 1 N–H and O–H groups in total. The number of piperidine rings is 1. The lowest BCUT2D eigenvalue weighted by molar-refractivity contribution is -0.144. The van der Waals surface area contributed by atoms with Gasteiger partial charge in [-0.15, -0.1) is 0 Å². The molecule has 5 heteroatoms. The molecule has 1 aromatic rings. The Morgan fingerprint density at radius 2 is 2.47 bits per heavy atom. The van der Waals surface area contributed by atoms with Crippen LogP contribution in [0.25, 0.3) is 0 Å². The molecule has 2 atom stereocenters. The highest BCUT2D eigenvalue weighted by atomic mass is 16.5. The smallest absolute Gasteiger partial charge is 0.306 e. The van der Waals surface area contributed by atoms with Crippen molar-refractivity contribution in [1.29, 1.82) is 0 Å². The summed E-state index contributed by atoms with van der Waals surface area (Å²) in [6.45, 7) is 5.48. The van der Waals surface area contributed by atoms with Crippen molar-refractivity contribution in [3.05, 3.63) is 17.5 Å². The fourth-order valence-corrected chi connectivity index (χ4v) is 2.37. The molecule has 0 radical (unpaired) electrons. The van der Waals surface area contributed by atoms with Crippen molar-refractivity contribution in [2.75, 3.05) is 6.54 Å². The summed E-state index contributed by atoms with van der Waals surface area (Å²) >= 11 is 0. The Kier molecular flexibility index (Phi) is 3.47. The van der Waals surface area contributed by atoms with Gasteiger partial charge in [-0.05, 0) is 33.2 Å². The summed E-state index contributed by atoms with van der Waals surface area (Å²) in [7, 11) is 0. The van der Waals surface area contributed by atoms with E-state index in [1.807, 2.05) is 13.0 Å². The number of carbonyl (C=O) groups is 1. The molecule has 0 saturated carbocycles. The van der Waals surface area contributed by atoms with Gasteiger partial charge in [-0.2, -0.15) is 0 Å². The molecule has 2 rings (SSSR count). The van der Waals surface area contributed by atoms with E-state index >= 15 is 0 Å². The molecule has 17 heavy (non-hydrogen) atoms. The summed E-state index contributed by atoms with van der Waals surface area (Å²) in [5, 5.41) is 12.8. The Morgan fingerprint density at radius 1 is 1.71 bits per heavy atom. The van der Waals surface area contributed by atoms with Crippen LogP contribution >= 0.6 is 0 Å². The van der Waals surface area contributed by atoms with Gasteiger partial charge in [-0.3, -0.25) is 9.69 Å². The molecule has 0 spiro atoms. The lowest BCUT2D eigenvalue weighted by atomic mass is 9.92. The minimum atomic E-state index is -0.674. The summed E-state index contributed by atoms with van der Waals surface area (Å²) in [6, 6.07) is 2.20. The van der Waals surface area contributed by atoms with Crippen LogP contribution in [0, 0.1) is 12.8 Å². The number of hydrogen-bond donors (Lipinski definition) is 1. The van der Waals surface area contributed by atoms with Crippen molar-refractivity contribution in [1.82, 2.24) is 10.1 Å². The highest BCUT2D eigenvalue weighted by molar-refractivity contribution is 5.70. The Bertz CT molecular complexity index is 402. The van der Waals surface area contributed by atoms with E-state index in [9.17, 15) is 4.79 Å². The Morgan fingerprint density at radius 3 is 3.00 bits per heavy atom. The predicted octanol–water partition coefficient (Wildman–Crippen LogP) is 1.67. The molecule has 1 aliphatic rings. The highest BCUT2D eigenvalue weighted by Gasteiger charge is 2.29. The van der Waals surface area contributed by atoms with Crippen molar-refractivity contribution < 1.29 is 14.4 Å². The first-order chi connectivity index (χ1) is 8.06. The Balaban J connectivity index is 1.93. The van der Waals surface area contributed by atoms with Gasteiger partial charge in [0.1, 0.15) is 0 Å². The fourth-order valence-electron chi connectivity index (χ4n) is 2.37. The van der Waals surface area contributed by atoms with E-state index in [1.165, 1.54) is 0 Å². The van der Waals surface area contributed by atoms with Crippen LogP contribution in [-0.4, -0.2) is 33.7 Å². The second-order valence-corrected chi connectivity index (χ2v) is 4.81. The molecule has 1 aromatic heterocycles. The molecule has 0 amide bonds. The molecule has 1 fully saturated rings. The maximum Gasteiger partial charge on any atom is 0.306 e. The normalized spacial score (nSPS) is 26.0. The summed E-state index contributed by atoms with van der Waals surface area (Å²) in [6.07, 6.45) is 1.43. The summed E-state index contributed by atoms with van der Waals surface area (Å²) < 4.78 is 5.18. The van der Waals surface area contributed by atoms with E-state index < -0.39 is 5.97 Å². The van der Waals surface area contributed by atoms with Gasteiger partial charge in [0.25, 0.3) is 0 Å². The van der Waals surface area contributed by atoms with Crippen LogP contribution in [0.15, 0.2) is 10.6 Å². The fraction of sp³-hybridized carbons (Fsp3) is 0.667. The topological polar surface area (TPSA) is 66.6 Å². The second-order valence-electron chi connectivity index (χ2n) is 4.81. The first-order valence-corrected chi connectivity index (χ1v) is 5.95. The quantitative estimate of drug-likeness (QED) is 0.867. The van der Waals surface area contributed by atoms with Crippen LogP contribution in [0.3, 0.4) is 0 Å². The van der Waals surface area contributed by atoms with Crippen molar-refractivity contribution in [2.45, 2.75) is 39.3 Å². The number of hydrogen-bond acceptors (Lipinski definition) is 4. The molecule has 94 valence electrons. The third kappa shape index (κ3) is 2.85.